The molecule has 2 aliphatic rings. The van der Waals surface area contributed by atoms with Crippen molar-refractivity contribution < 1.29 is 27.5 Å². The van der Waals surface area contributed by atoms with Gasteiger partial charge in [-0.15, -0.1) is 0 Å². The van der Waals surface area contributed by atoms with Gasteiger partial charge in [-0.25, -0.2) is 0 Å². The Hall–Kier alpha value is -1.31. The number of rotatable bonds is 0. The van der Waals surface area contributed by atoms with E-state index < -0.39 is 17.7 Å². The molecule has 1 spiro atoms. The summed E-state index contributed by atoms with van der Waals surface area (Å²) in [6, 6.07) is 0. The van der Waals surface area contributed by atoms with Crippen molar-refractivity contribution in [1.82, 2.24) is 9.80 Å². The molecule has 0 atom stereocenters. The maximum atomic E-state index is 12.2. The maximum absolute atomic E-state index is 12.2. The van der Waals surface area contributed by atoms with Crippen LogP contribution in [0.1, 0.15) is 6.92 Å². The van der Waals surface area contributed by atoms with Crippen molar-refractivity contribution in [1.29, 1.82) is 0 Å². The molecule has 0 N–H and O–H groups in total. The summed E-state index contributed by atoms with van der Waals surface area (Å²) in [6.07, 6.45) is -4.85. The number of nitrogens with zero attached hydrogens (tertiary/aromatic N) is 2. The van der Waals surface area contributed by atoms with E-state index in [1.807, 2.05) is 0 Å². The first-order valence-corrected chi connectivity index (χ1v) is 5.49. The van der Waals surface area contributed by atoms with Gasteiger partial charge in [0, 0.05) is 13.5 Å². The second-order valence-electron chi connectivity index (χ2n) is 4.63. The molecule has 0 saturated carbocycles. The van der Waals surface area contributed by atoms with Gasteiger partial charge in [-0.05, 0) is 0 Å². The number of carbonyl (C=O) groups is 2. The van der Waals surface area contributed by atoms with E-state index in [9.17, 15) is 22.8 Å². The molecule has 0 aromatic rings. The quantitative estimate of drug-likeness (QED) is 0.620. The highest BCUT2D eigenvalue weighted by atomic mass is 19.4. The molecule has 0 bridgehead atoms. The summed E-state index contributed by atoms with van der Waals surface area (Å²) < 4.78 is 42.0. The lowest BCUT2D eigenvalue weighted by molar-refractivity contribution is -0.220. The minimum absolute atomic E-state index is 0.116. The molecule has 18 heavy (non-hydrogen) atoms. The molecule has 2 heterocycles. The van der Waals surface area contributed by atoms with Gasteiger partial charge in [-0.3, -0.25) is 9.59 Å². The summed E-state index contributed by atoms with van der Waals surface area (Å²) in [4.78, 5) is 24.4. The van der Waals surface area contributed by atoms with Gasteiger partial charge in [0.2, 0.25) is 5.91 Å². The Morgan fingerprint density at radius 1 is 1.17 bits per heavy atom. The average molecular weight is 266 g/mol. The number of halogens is 3. The van der Waals surface area contributed by atoms with Gasteiger partial charge in [0.15, 0.2) is 0 Å². The molecule has 2 saturated heterocycles. The summed E-state index contributed by atoms with van der Waals surface area (Å²) in [5.41, 5.74) is -0.815. The molecular weight excluding hydrogens is 253 g/mol. The smallest absolute Gasteiger partial charge is 0.368 e. The first-order valence-electron chi connectivity index (χ1n) is 5.49. The predicted molar refractivity (Wildman–Crippen MR) is 53.6 cm³/mol. The molecular formula is C10H13F3N2O3. The summed E-state index contributed by atoms with van der Waals surface area (Å²) in [7, 11) is 0. The minimum atomic E-state index is -4.85. The van der Waals surface area contributed by atoms with Crippen molar-refractivity contribution in [3.63, 3.8) is 0 Å². The first kappa shape index (κ1) is 13.1. The third-order valence-electron chi connectivity index (χ3n) is 3.18. The zero-order valence-corrected chi connectivity index (χ0v) is 9.79. The van der Waals surface area contributed by atoms with E-state index in [4.69, 9.17) is 4.74 Å². The van der Waals surface area contributed by atoms with Gasteiger partial charge >= 0.3 is 12.1 Å². The van der Waals surface area contributed by atoms with E-state index in [0.717, 1.165) is 0 Å². The highest BCUT2D eigenvalue weighted by Crippen LogP contribution is 2.32. The Bertz CT molecular complexity index is 377. The zero-order valence-electron chi connectivity index (χ0n) is 9.79. The lowest BCUT2D eigenvalue weighted by Crippen LogP contribution is -2.72. The molecule has 0 unspecified atom stereocenters. The number of alkyl halides is 3. The van der Waals surface area contributed by atoms with Gasteiger partial charge in [0.25, 0.3) is 0 Å². The van der Waals surface area contributed by atoms with Crippen LogP contribution in [0.25, 0.3) is 0 Å². The van der Waals surface area contributed by atoms with E-state index in [1.54, 1.807) is 0 Å². The SMILES string of the molecule is CC(=O)N1CCOC2(C1)CN(C(=O)C(F)(F)F)C2. The topological polar surface area (TPSA) is 49.9 Å². The molecule has 8 heteroatoms. The van der Waals surface area contributed by atoms with Crippen molar-refractivity contribution in [2.45, 2.75) is 18.7 Å². The second kappa shape index (κ2) is 4.11. The van der Waals surface area contributed by atoms with Crippen LogP contribution in [0, 0.1) is 0 Å². The number of morpholine rings is 1. The Balaban J connectivity index is 1.95. The minimum Gasteiger partial charge on any atom is -0.368 e. The number of amides is 2. The van der Waals surface area contributed by atoms with E-state index in [-0.39, 0.29) is 32.1 Å². The largest absolute Gasteiger partial charge is 0.471 e. The van der Waals surface area contributed by atoms with Crippen molar-refractivity contribution in [2.75, 3.05) is 32.8 Å². The van der Waals surface area contributed by atoms with Gasteiger partial charge in [-0.2, -0.15) is 13.2 Å². The molecule has 0 radical (unpaired) electrons. The number of hydrogen-bond acceptors (Lipinski definition) is 3. The van der Waals surface area contributed by atoms with Gasteiger partial charge in [0.05, 0.1) is 26.2 Å². The molecule has 102 valence electrons. The number of carbonyl (C=O) groups excluding carboxylic acids is 2. The Labute approximate surface area is 101 Å². The zero-order chi connectivity index (χ0) is 13.6. The summed E-state index contributed by atoms with van der Waals surface area (Å²) in [5, 5.41) is 0. The van der Waals surface area contributed by atoms with Crippen LogP contribution in [-0.4, -0.2) is 66.2 Å². The molecule has 2 rings (SSSR count). The van der Waals surface area contributed by atoms with Crippen molar-refractivity contribution >= 4 is 11.8 Å². The third kappa shape index (κ3) is 2.29. The van der Waals surface area contributed by atoms with Crippen LogP contribution in [0.15, 0.2) is 0 Å². The van der Waals surface area contributed by atoms with Crippen LogP contribution in [0.3, 0.4) is 0 Å². The number of hydrogen-bond donors (Lipinski definition) is 0. The predicted octanol–water partition coefficient (Wildman–Crippen LogP) is 0.00840. The van der Waals surface area contributed by atoms with Crippen LogP contribution < -0.4 is 0 Å². The van der Waals surface area contributed by atoms with Crippen LogP contribution in [0.5, 0.6) is 0 Å². The molecule has 0 aromatic heterocycles. The summed E-state index contributed by atoms with van der Waals surface area (Å²) in [6.45, 7) is 2.13. The van der Waals surface area contributed by atoms with Crippen LogP contribution in [-0.2, 0) is 14.3 Å². The fraction of sp³-hybridized carbons (Fsp3) is 0.800. The highest BCUT2D eigenvalue weighted by molar-refractivity contribution is 5.83. The van der Waals surface area contributed by atoms with Crippen molar-refractivity contribution in [3.8, 4) is 0 Å². The summed E-state index contributed by atoms with van der Waals surface area (Å²) in [5.74, 6) is -1.99. The Kier molecular flexibility index (Phi) is 3.00. The fourth-order valence-electron chi connectivity index (χ4n) is 2.28. The molecule has 2 aliphatic heterocycles. The van der Waals surface area contributed by atoms with Gasteiger partial charge in [-0.1, -0.05) is 0 Å². The average Bonchev–Trinajstić information content (AvgIpc) is 2.23. The van der Waals surface area contributed by atoms with Crippen LogP contribution in [0.2, 0.25) is 0 Å². The van der Waals surface area contributed by atoms with Crippen LogP contribution in [0.4, 0.5) is 13.2 Å². The van der Waals surface area contributed by atoms with Gasteiger partial charge in [0.1, 0.15) is 5.60 Å². The van der Waals surface area contributed by atoms with E-state index in [0.29, 0.717) is 11.4 Å². The fourth-order valence-corrected chi connectivity index (χ4v) is 2.28. The third-order valence-corrected chi connectivity index (χ3v) is 3.18. The Morgan fingerprint density at radius 3 is 2.22 bits per heavy atom. The van der Waals surface area contributed by atoms with Crippen molar-refractivity contribution in [3.05, 3.63) is 0 Å². The Morgan fingerprint density at radius 2 is 1.72 bits per heavy atom. The first-order chi connectivity index (χ1) is 8.23. The standard InChI is InChI=1S/C10H13F3N2O3/c1-7(16)14-2-3-18-9(4-14)5-15(6-9)8(17)10(11,12)13/h2-6H2,1H3. The molecule has 2 fully saturated rings. The lowest BCUT2D eigenvalue weighted by Gasteiger charge is -2.53. The van der Waals surface area contributed by atoms with E-state index in [2.05, 4.69) is 0 Å². The molecule has 5 nitrogen and oxygen atoms in total. The summed E-state index contributed by atoms with van der Waals surface area (Å²) >= 11 is 0. The highest BCUT2D eigenvalue weighted by Gasteiger charge is 2.55. The monoisotopic (exact) mass is 266 g/mol. The molecule has 0 aliphatic carbocycles. The number of ether oxygens (including phenoxy) is 1. The van der Waals surface area contributed by atoms with Crippen LogP contribution >= 0.6 is 0 Å². The van der Waals surface area contributed by atoms with E-state index >= 15 is 0 Å². The normalized spacial score (nSPS) is 22.9. The molecule has 0 aromatic carbocycles. The number of likely N-dealkylation sites (tertiary alicyclic amines) is 1. The second-order valence-corrected chi connectivity index (χ2v) is 4.63. The van der Waals surface area contributed by atoms with E-state index in [1.165, 1.54) is 11.8 Å². The lowest BCUT2D eigenvalue weighted by atomic mass is 9.91. The maximum Gasteiger partial charge on any atom is 0.471 e. The molecule has 2 amide bonds. The van der Waals surface area contributed by atoms with Gasteiger partial charge < -0.3 is 14.5 Å². The van der Waals surface area contributed by atoms with Crippen molar-refractivity contribution in [2.24, 2.45) is 0 Å².